The summed E-state index contributed by atoms with van der Waals surface area (Å²) < 4.78 is 0. The van der Waals surface area contributed by atoms with Crippen molar-refractivity contribution in [2.75, 3.05) is 32.7 Å². The Morgan fingerprint density at radius 3 is 2.68 bits per heavy atom. The average molecular weight is 378 g/mol. The number of hydrogen-bond donors (Lipinski definition) is 1. The van der Waals surface area contributed by atoms with Crippen LogP contribution in [-0.4, -0.2) is 81.1 Å². The minimum atomic E-state index is -0.262. The predicted molar refractivity (Wildman–Crippen MR) is 106 cm³/mol. The van der Waals surface area contributed by atoms with E-state index >= 15 is 0 Å². The summed E-state index contributed by atoms with van der Waals surface area (Å²) in [5, 5.41) is 10.3. The van der Waals surface area contributed by atoms with Crippen LogP contribution in [0.25, 0.3) is 0 Å². The van der Waals surface area contributed by atoms with E-state index in [9.17, 15) is 9.90 Å². The largest absolute Gasteiger partial charge is 0.392 e. The van der Waals surface area contributed by atoms with Crippen molar-refractivity contribution in [1.29, 1.82) is 0 Å². The fourth-order valence-corrected chi connectivity index (χ4v) is 5.24. The summed E-state index contributed by atoms with van der Waals surface area (Å²) in [6.45, 7) is 4.98. The van der Waals surface area contributed by atoms with Gasteiger partial charge in [0.15, 0.2) is 0 Å². The molecular weight excluding hydrogens is 352 g/mol. The van der Waals surface area contributed by atoms with Gasteiger partial charge in [-0.15, -0.1) is 0 Å². The molecule has 1 aromatic heterocycles. The number of aromatic nitrogens is 1. The van der Waals surface area contributed by atoms with Gasteiger partial charge in [0.05, 0.1) is 17.2 Å². The lowest BCUT2D eigenvalue weighted by Gasteiger charge is -2.61. The average Bonchev–Trinajstić information content (AvgIpc) is 3.07. The Morgan fingerprint density at radius 1 is 1.11 bits per heavy atom. The van der Waals surface area contributed by atoms with Crippen molar-refractivity contribution in [3.63, 3.8) is 0 Å². The highest BCUT2D eigenvalue weighted by Crippen LogP contribution is 2.39. The number of nitrogens with zero attached hydrogens (tertiary/aromatic N) is 4. The van der Waals surface area contributed by atoms with E-state index in [0.717, 1.165) is 45.7 Å². The molecule has 5 rings (SSSR count). The first-order chi connectivity index (χ1) is 13.6. The van der Waals surface area contributed by atoms with Gasteiger partial charge in [-0.2, -0.15) is 0 Å². The van der Waals surface area contributed by atoms with Crippen LogP contribution in [0.3, 0.4) is 0 Å². The third-order valence-corrected chi connectivity index (χ3v) is 6.40. The van der Waals surface area contributed by atoms with Gasteiger partial charge >= 0.3 is 0 Å². The predicted octanol–water partition coefficient (Wildman–Crippen LogP) is 1.23. The number of pyridine rings is 1. The van der Waals surface area contributed by atoms with E-state index in [0.29, 0.717) is 11.6 Å². The quantitative estimate of drug-likeness (QED) is 0.871. The molecule has 2 aromatic rings. The number of aliphatic hydroxyl groups excluding tert-OH is 1. The maximum atomic E-state index is 12.8. The summed E-state index contributed by atoms with van der Waals surface area (Å²) in [6, 6.07) is 14.5. The Hall–Kier alpha value is -2.28. The molecule has 4 heterocycles. The third kappa shape index (κ3) is 3.11. The molecule has 2 atom stereocenters. The minimum Gasteiger partial charge on any atom is -0.392 e. The zero-order valence-corrected chi connectivity index (χ0v) is 15.9. The number of hydrogen-bond acceptors (Lipinski definition) is 5. The van der Waals surface area contributed by atoms with E-state index in [1.54, 1.807) is 18.5 Å². The Morgan fingerprint density at radius 2 is 1.93 bits per heavy atom. The topological polar surface area (TPSA) is 59.9 Å². The van der Waals surface area contributed by atoms with Gasteiger partial charge < -0.3 is 10.0 Å². The molecule has 1 aromatic carbocycles. The number of fused-ring (bicyclic) bond motifs is 2. The molecular formula is C22H26N4O2. The summed E-state index contributed by atoms with van der Waals surface area (Å²) in [4.78, 5) is 23.8. The van der Waals surface area contributed by atoms with E-state index in [1.807, 2.05) is 17.0 Å². The molecule has 28 heavy (non-hydrogen) atoms. The van der Waals surface area contributed by atoms with Gasteiger partial charge in [-0.1, -0.05) is 30.3 Å². The molecule has 6 heteroatoms. The van der Waals surface area contributed by atoms with Crippen molar-refractivity contribution in [1.82, 2.24) is 19.7 Å². The second kappa shape index (κ2) is 6.95. The van der Waals surface area contributed by atoms with Crippen molar-refractivity contribution in [2.24, 2.45) is 0 Å². The number of aliphatic hydroxyl groups is 1. The summed E-state index contributed by atoms with van der Waals surface area (Å²) in [7, 11) is 0. The Balaban J connectivity index is 1.33. The zero-order valence-electron chi connectivity index (χ0n) is 15.9. The smallest absolute Gasteiger partial charge is 0.255 e. The first-order valence-electron chi connectivity index (χ1n) is 10.0. The van der Waals surface area contributed by atoms with Gasteiger partial charge in [-0.05, 0) is 24.1 Å². The van der Waals surface area contributed by atoms with Gasteiger partial charge in [0.25, 0.3) is 5.91 Å². The molecule has 6 nitrogen and oxygen atoms in total. The number of carbonyl (C=O) groups is 1. The Bertz CT molecular complexity index is 838. The molecule has 0 bridgehead atoms. The second-order valence-corrected chi connectivity index (χ2v) is 8.48. The fourth-order valence-electron chi connectivity index (χ4n) is 5.24. The molecule has 146 valence electrons. The second-order valence-electron chi connectivity index (χ2n) is 8.48. The van der Waals surface area contributed by atoms with E-state index in [4.69, 9.17) is 0 Å². The molecule has 0 radical (unpaired) electrons. The van der Waals surface area contributed by atoms with E-state index < -0.39 is 0 Å². The van der Waals surface area contributed by atoms with Crippen molar-refractivity contribution >= 4 is 5.91 Å². The molecule has 3 fully saturated rings. The molecule has 1 N–H and O–H groups in total. The van der Waals surface area contributed by atoms with Crippen LogP contribution in [0.15, 0.2) is 54.9 Å². The third-order valence-electron chi connectivity index (χ3n) is 6.40. The van der Waals surface area contributed by atoms with Crippen LogP contribution in [0.4, 0.5) is 0 Å². The van der Waals surface area contributed by atoms with Crippen LogP contribution in [-0.2, 0) is 6.54 Å². The lowest BCUT2D eigenvalue weighted by Crippen LogP contribution is -2.78. The van der Waals surface area contributed by atoms with Crippen LogP contribution in [0, 0.1) is 0 Å². The first-order valence-corrected chi connectivity index (χ1v) is 10.0. The number of piperazine rings is 1. The minimum absolute atomic E-state index is 0.0486. The summed E-state index contributed by atoms with van der Waals surface area (Å²) in [5.74, 6) is 0.0511. The molecule has 2 unspecified atom stereocenters. The lowest BCUT2D eigenvalue weighted by atomic mass is 9.83. The molecule has 0 saturated carbocycles. The van der Waals surface area contributed by atoms with Crippen LogP contribution < -0.4 is 0 Å². The van der Waals surface area contributed by atoms with Gasteiger partial charge in [-0.3, -0.25) is 19.6 Å². The molecule has 3 aliphatic rings. The lowest BCUT2D eigenvalue weighted by molar-refractivity contribution is -0.102. The van der Waals surface area contributed by atoms with Crippen LogP contribution in [0.2, 0.25) is 0 Å². The van der Waals surface area contributed by atoms with Gasteiger partial charge in [0.1, 0.15) is 0 Å². The molecule has 3 aliphatic heterocycles. The summed E-state index contributed by atoms with van der Waals surface area (Å²) >= 11 is 0. The molecule has 0 aliphatic carbocycles. The Kier molecular flexibility index (Phi) is 4.42. The highest BCUT2D eigenvalue weighted by atomic mass is 16.3. The number of amides is 1. The van der Waals surface area contributed by atoms with Crippen molar-refractivity contribution in [3.05, 3.63) is 66.0 Å². The summed E-state index contributed by atoms with van der Waals surface area (Å²) in [5.41, 5.74) is 1.91. The standard InChI is InChI=1S/C22H26N4O2/c27-20-9-19-12-24(11-17-5-2-1-3-6-17)14-22(26(19)13-20)15-25(16-22)21(28)18-7-4-8-23-10-18/h1-8,10,19-20,27H,9,11-16H2. The van der Waals surface area contributed by atoms with E-state index in [2.05, 4.69) is 39.0 Å². The fraction of sp³-hybridized carbons (Fsp3) is 0.455. The number of likely N-dealkylation sites (tertiary alicyclic amines) is 1. The monoisotopic (exact) mass is 378 g/mol. The zero-order chi connectivity index (χ0) is 19.1. The molecule has 1 amide bonds. The molecule has 3 saturated heterocycles. The maximum absolute atomic E-state index is 12.8. The van der Waals surface area contributed by atoms with Crippen LogP contribution >= 0.6 is 0 Å². The number of benzene rings is 1. The van der Waals surface area contributed by atoms with Gasteiger partial charge in [-0.25, -0.2) is 0 Å². The first kappa shape index (κ1) is 17.8. The van der Waals surface area contributed by atoms with Gasteiger partial charge in [0, 0.05) is 57.7 Å². The highest BCUT2D eigenvalue weighted by molar-refractivity contribution is 5.94. The van der Waals surface area contributed by atoms with E-state index in [1.165, 1.54) is 5.56 Å². The maximum Gasteiger partial charge on any atom is 0.255 e. The van der Waals surface area contributed by atoms with Gasteiger partial charge in [0.2, 0.25) is 0 Å². The molecule has 1 spiro atoms. The summed E-state index contributed by atoms with van der Waals surface area (Å²) in [6.07, 6.45) is 3.89. The van der Waals surface area contributed by atoms with Crippen LogP contribution in [0.1, 0.15) is 22.3 Å². The highest BCUT2D eigenvalue weighted by Gasteiger charge is 2.57. The van der Waals surface area contributed by atoms with E-state index in [-0.39, 0.29) is 17.6 Å². The van der Waals surface area contributed by atoms with Crippen molar-refractivity contribution in [2.45, 2.75) is 30.7 Å². The normalized spacial score (nSPS) is 26.8. The SMILES string of the molecule is O=C(c1cccnc1)N1CC2(CN(Cc3ccccc3)CC3CC(O)CN32)C1. The van der Waals surface area contributed by atoms with Crippen LogP contribution in [0.5, 0.6) is 0 Å². The van der Waals surface area contributed by atoms with Crippen molar-refractivity contribution in [3.8, 4) is 0 Å². The number of β-amino-alcohol motifs (C(OH)–C–C–N with tert-alkyl or cyclic N) is 1. The Labute approximate surface area is 165 Å². The van der Waals surface area contributed by atoms with Crippen molar-refractivity contribution < 1.29 is 9.90 Å². The number of rotatable bonds is 3. The number of carbonyl (C=O) groups excluding carboxylic acids is 1.